The van der Waals surface area contributed by atoms with Gasteiger partial charge in [-0.1, -0.05) is 74.5 Å². The van der Waals surface area contributed by atoms with Crippen LogP contribution in [0.3, 0.4) is 0 Å². The molecule has 0 aliphatic heterocycles. The Morgan fingerprint density at radius 3 is 2.13 bits per heavy atom. The van der Waals surface area contributed by atoms with Gasteiger partial charge in [-0.3, -0.25) is 14.5 Å². The number of carbonyl (C=O) groups is 3. The Balaban J connectivity index is 1.28. The minimum Gasteiger partial charge on any atom is -0.444 e. The van der Waals surface area contributed by atoms with Gasteiger partial charge in [-0.25, -0.2) is 14.6 Å². The number of hydrogen-bond acceptors (Lipinski definition) is 9. The number of benzene rings is 2. The third-order valence-electron chi connectivity index (χ3n) is 8.64. The van der Waals surface area contributed by atoms with Crippen molar-refractivity contribution in [2.45, 2.75) is 89.7 Å². The molecule has 4 amide bonds. The number of urea groups is 1. The average Bonchev–Trinajstić information content (AvgIpc) is 3.96. The van der Waals surface area contributed by atoms with Gasteiger partial charge >= 0.3 is 12.1 Å². The molecule has 3 atom stereocenters. The first kappa shape index (κ1) is 39.1. The number of nitrogens with one attached hydrogen (secondary N) is 3. The Bertz CT molecular complexity index is 1820. The van der Waals surface area contributed by atoms with Crippen LogP contribution < -0.4 is 16.0 Å². The van der Waals surface area contributed by atoms with E-state index in [1.807, 2.05) is 78.3 Å². The third kappa shape index (κ3) is 13.1. The third-order valence-corrected chi connectivity index (χ3v) is 10.6. The highest BCUT2D eigenvalue weighted by Gasteiger charge is 2.26. The van der Waals surface area contributed by atoms with Crippen LogP contribution in [-0.2, 0) is 42.1 Å². The van der Waals surface area contributed by atoms with E-state index < -0.39 is 12.1 Å². The highest BCUT2D eigenvalue weighted by molar-refractivity contribution is 7.09. The summed E-state index contributed by atoms with van der Waals surface area (Å²) in [6.45, 7) is 5.08. The number of alkyl carbamates (subject to hydrolysis) is 1. The zero-order chi connectivity index (χ0) is 37.4. The van der Waals surface area contributed by atoms with Gasteiger partial charge in [-0.2, -0.15) is 5.10 Å². The smallest absolute Gasteiger partial charge is 0.407 e. The molecule has 3 aromatic heterocycles. The van der Waals surface area contributed by atoms with Crippen LogP contribution in [0.1, 0.15) is 65.7 Å². The van der Waals surface area contributed by atoms with E-state index in [0.29, 0.717) is 51.1 Å². The van der Waals surface area contributed by atoms with E-state index in [1.54, 1.807) is 45.9 Å². The molecule has 0 aliphatic rings. The van der Waals surface area contributed by atoms with E-state index in [-0.39, 0.29) is 30.6 Å². The van der Waals surface area contributed by atoms with Crippen molar-refractivity contribution in [1.82, 2.24) is 40.6 Å². The van der Waals surface area contributed by atoms with E-state index >= 15 is 0 Å². The summed E-state index contributed by atoms with van der Waals surface area (Å²) in [5.41, 5.74) is 4.65. The topological polar surface area (TPSA) is 143 Å². The van der Waals surface area contributed by atoms with E-state index in [1.165, 1.54) is 11.3 Å². The van der Waals surface area contributed by atoms with Crippen molar-refractivity contribution in [2.75, 3.05) is 7.05 Å². The molecule has 0 fully saturated rings. The van der Waals surface area contributed by atoms with Crippen LogP contribution >= 0.6 is 22.7 Å². The van der Waals surface area contributed by atoms with E-state index in [0.717, 1.165) is 26.7 Å². The summed E-state index contributed by atoms with van der Waals surface area (Å²) in [7, 11) is 1.70. The lowest BCUT2D eigenvalue weighted by atomic mass is 9.95. The first-order valence-electron chi connectivity index (χ1n) is 17.8. The lowest BCUT2D eigenvalue weighted by Crippen LogP contribution is -2.53. The fraction of sp³-hybridized carbons (Fsp3) is 0.385. The van der Waals surface area contributed by atoms with Crippen molar-refractivity contribution >= 4 is 40.7 Å². The predicted molar refractivity (Wildman–Crippen MR) is 208 cm³/mol. The lowest BCUT2D eigenvalue weighted by molar-refractivity contribution is -0.124. The van der Waals surface area contributed by atoms with Crippen molar-refractivity contribution in [2.24, 2.45) is 0 Å². The van der Waals surface area contributed by atoms with Crippen LogP contribution in [0.2, 0.25) is 0 Å². The molecule has 3 N–H and O–H groups in total. The first-order valence-corrected chi connectivity index (χ1v) is 19.6. The number of ether oxygens (including phenoxy) is 1. The van der Waals surface area contributed by atoms with Crippen molar-refractivity contribution in [1.29, 1.82) is 0 Å². The molecule has 0 saturated carbocycles. The molecule has 0 bridgehead atoms. The number of rotatable bonds is 19. The summed E-state index contributed by atoms with van der Waals surface area (Å²) in [5.74, 6) is 0.0200. The maximum atomic E-state index is 14.1. The molecule has 0 unspecified atom stereocenters. The molecule has 2 aromatic carbocycles. The normalized spacial score (nSPS) is 12.8. The van der Waals surface area contributed by atoms with Crippen LogP contribution in [0.4, 0.5) is 9.59 Å². The molecule has 0 radical (unpaired) electrons. The minimum atomic E-state index is -0.825. The van der Waals surface area contributed by atoms with Gasteiger partial charge in [0.15, 0.2) is 0 Å². The Hall–Kier alpha value is -5.08. The Kier molecular flexibility index (Phi) is 14.9. The van der Waals surface area contributed by atoms with E-state index in [4.69, 9.17) is 4.74 Å². The maximum absolute atomic E-state index is 14.1. The van der Waals surface area contributed by atoms with Crippen LogP contribution in [-0.4, -0.2) is 67.9 Å². The van der Waals surface area contributed by atoms with Gasteiger partial charge in [0.05, 0.1) is 27.6 Å². The van der Waals surface area contributed by atoms with Gasteiger partial charge in [-0.05, 0) is 49.3 Å². The van der Waals surface area contributed by atoms with Crippen LogP contribution in [0.25, 0.3) is 0 Å². The van der Waals surface area contributed by atoms with Gasteiger partial charge in [0.1, 0.15) is 12.6 Å². The fourth-order valence-corrected chi connectivity index (χ4v) is 7.14. The SMILES string of the molecule is CC(C)c1nc(CN(C)C(=O)N[C@@H](CCn2cccn2)C(=O)N[C@@H](CC[C@@H](Cc2ccccc2)NC(=O)OCc2cncs2)Cc2ccccc2)cs1. The van der Waals surface area contributed by atoms with E-state index in [9.17, 15) is 14.4 Å². The van der Waals surface area contributed by atoms with Crippen LogP contribution in [0.15, 0.2) is 96.2 Å². The van der Waals surface area contributed by atoms with Crippen LogP contribution in [0, 0.1) is 0 Å². The molecule has 0 spiro atoms. The van der Waals surface area contributed by atoms with Gasteiger partial charge in [-0.15, -0.1) is 22.7 Å². The Morgan fingerprint density at radius 2 is 1.55 bits per heavy atom. The number of carbonyl (C=O) groups excluding carboxylic acids is 3. The molecule has 0 saturated heterocycles. The molecular weight excluding hydrogens is 709 g/mol. The molecule has 53 heavy (non-hydrogen) atoms. The van der Waals surface area contributed by atoms with E-state index in [2.05, 4.69) is 44.9 Å². The monoisotopic (exact) mass is 756 g/mol. The van der Waals surface area contributed by atoms with Crippen molar-refractivity contribution in [3.8, 4) is 0 Å². The van der Waals surface area contributed by atoms with Gasteiger partial charge in [0.25, 0.3) is 0 Å². The molecular formula is C39H48N8O4S2. The summed E-state index contributed by atoms with van der Waals surface area (Å²) in [6.07, 6.45) is 7.33. The number of nitrogens with zero attached hydrogens (tertiary/aromatic N) is 5. The molecule has 0 aliphatic carbocycles. The number of thiazole rings is 2. The standard InChI is InChI=1S/C39H48N8O4S2/c1-28(2)37-43-33(26-52-37)24-46(3)38(49)45-35(17-20-47-19-10-18-41-47)36(48)42-31(21-29-11-6-4-7-12-29)15-16-32(22-30-13-8-5-9-14-30)44-39(50)51-25-34-23-40-27-53-34/h4-14,18-19,23,26-28,31-32,35H,15-17,20-22,24-25H2,1-3H3,(H,42,48)(H,44,50)(H,45,49)/t31-,32-,35-/m0/s1. The highest BCUT2D eigenvalue weighted by Crippen LogP contribution is 2.20. The Labute approximate surface area is 319 Å². The van der Waals surface area contributed by atoms with Gasteiger partial charge in [0, 0.05) is 55.6 Å². The van der Waals surface area contributed by atoms with Crippen LogP contribution in [0.5, 0.6) is 0 Å². The second-order valence-electron chi connectivity index (χ2n) is 13.3. The fourth-order valence-electron chi connectivity index (χ4n) is 5.81. The number of aromatic nitrogens is 4. The maximum Gasteiger partial charge on any atom is 0.407 e. The number of aryl methyl sites for hydroxylation is 1. The summed E-state index contributed by atoms with van der Waals surface area (Å²) in [6, 6.07) is 20.0. The largest absolute Gasteiger partial charge is 0.444 e. The quantitative estimate of drug-likeness (QED) is 0.0866. The number of hydrogen-bond donors (Lipinski definition) is 3. The van der Waals surface area contributed by atoms with Crippen molar-refractivity contribution in [3.63, 3.8) is 0 Å². The first-order chi connectivity index (χ1) is 25.7. The molecule has 3 heterocycles. The average molecular weight is 757 g/mol. The molecule has 12 nitrogen and oxygen atoms in total. The molecule has 5 aromatic rings. The van der Waals surface area contributed by atoms with Gasteiger partial charge in [0.2, 0.25) is 5.91 Å². The molecule has 280 valence electrons. The van der Waals surface area contributed by atoms with Gasteiger partial charge < -0.3 is 25.6 Å². The lowest BCUT2D eigenvalue weighted by Gasteiger charge is -2.27. The second kappa shape index (κ2) is 20.2. The number of amides is 4. The van der Waals surface area contributed by atoms with Crippen molar-refractivity contribution < 1.29 is 19.1 Å². The second-order valence-corrected chi connectivity index (χ2v) is 15.2. The zero-order valence-electron chi connectivity index (χ0n) is 30.4. The molecule has 14 heteroatoms. The minimum absolute atomic E-state index is 0.144. The molecule has 5 rings (SSSR count). The summed E-state index contributed by atoms with van der Waals surface area (Å²) in [4.78, 5) is 51.7. The van der Waals surface area contributed by atoms with Crippen molar-refractivity contribution in [3.05, 3.63) is 123 Å². The summed E-state index contributed by atoms with van der Waals surface area (Å²) in [5, 5.41) is 16.6. The highest BCUT2D eigenvalue weighted by atomic mass is 32.1. The Morgan fingerprint density at radius 1 is 0.868 bits per heavy atom. The zero-order valence-corrected chi connectivity index (χ0v) is 32.0. The summed E-state index contributed by atoms with van der Waals surface area (Å²) < 4.78 is 7.26. The predicted octanol–water partition coefficient (Wildman–Crippen LogP) is 6.57. The summed E-state index contributed by atoms with van der Waals surface area (Å²) >= 11 is 3.01.